The molecule has 1 fully saturated rings. The van der Waals surface area contributed by atoms with Gasteiger partial charge in [-0.25, -0.2) is 9.59 Å². The Bertz CT molecular complexity index is 441. The summed E-state index contributed by atoms with van der Waals surface area (Å²) in [6.07, 6.45) is 15.3. The summed E-state index contributed by atoms with van der Waals surface area (Å²) in [6.45, 7) is 0.290. The standard InChI is InChI=1S/C17H23NO4/c1-3-5-12-21-16(19)15(14-10-8-7-9-11-14)18-17(20)22-13-6-4-2/h1-2,14-15H,5-13H2,(H,18,20). The summed E-state index contributed by atoms with van der Waals surface area (Å²) in [5.41, 5.74) is 0. The van der Waals surface area contributed by atoms with E-state index in [1.165, 1.54) is 0 Å². The average molecular weight is 305 g/mol. The number of alkyl carbamates (subject to hydrolysis) is 1. The second-order valence-corrected chi connectivity index (χ2v) is 5.23. The molecule has 1 rings (SSSR count). The van der Waals surface area contributed by atoms with Crippen LogP contribution >= 0.6 is 0 Å². The van der Waals surface area contributed by atoms with Crippen molar-refractivity contribution in [1.29, 1.82) is 0 Å². The quantitative estimate of drug-likeness (QED) is 0.445. The molecule has 0 radical (unpaired) electrons. The van der Waals surface area contributed by atoms with E-state index in [4.69, 9.17) is 22.3 Å². The molecule has 0 aromatic carbocycles. The lowest BCUT2D eigenvalue weighted by molar-refractivity contribution is -0.147. The fourth-order valence-corrected chi connectivity index (χ4v) is 2.51. The Labute approximate surface area is 132 Å². The second-order valence-electron chi connectivity index (χ2n) is 5.23. The minimum absolute atomic E-state index is 0.0762. The molecule has 0 aromatic heterocycles. The summed E-state index contributed by atoms with van der Waals surface area (Å²) < 4.78 is 10.1. The summed E-state index contributed by atoms with van der Waals surface area (Å²) >= 11 is 0. The first kappa shape index (κ1) is 17.9. The van der Waals surface area contributed by atoms with E-state index in [0.717, 1.165) is 32.1 Å². The molecular weight excluding hydrogens is 282 g/mol. The molecule has 120 valence electrons. The normalized spacial score (nSPS) is 15.9. The predicted molar refractivity (Wildman–Crippen MR) is 82.7 cm³/mol. The van der Waals surface area contributed by atoms with Crippen molar-refractivity contribution >= 4 is 12.1 Å². The van der Waals surface area contributed by atoms with Gasteiger partial charge in [-0.05, 0) is 18.8 Å². The smallest absolute Gasteiger partial charge is 0.407 e. The van der Waals surface area contributed by atoms with Gasteiger partial charge >= 0.3 is 12.1 Å². The van der Waals surface area contributed by atoms with E-state index >= 15 is 0 Å². The van der Waals surface area contributed by atoms with Crippen LogP contribution < -0.4 is 5.32 Å². The van der Waals surface area contributed by atoms with Crippen LogP contribution in [0.1, 0.15) is 44.9 Å². The molecule has 1 aliphatic rings. The Morgan fingerprint density at radius 1 is 1.05 bits per heavy atom. The van der Waals surface area contributed by atoms with Crippen LogP contribution in [0, 0.1) is 30.6 Å². The lowest BCUT2D eigenvalue weighted by atomic mass is 9.84. The van der Waals surface area contributed by atoms with Gasteiger partial charge in [0.05, 0.1) is 0 Å². The lowest BCUT2D eigenvalue weighted by Crippen LogP contribution is -2.47. The number of carbonyl (C=O) groups excluding carboxylic acids is 2. The van der Waals surface area contributed by atoms with Gasteiger partial charge < -0.3 is 14.8 Å². The third-order valence-electron chi connectivity index (χ3n) is 3.62. The molecule has 1 atom stereocenters. The van der Waals surface area contributed by atoms with Crippen molar-refractivity contribution < 1.29 is 19.1 Å². The Kier molecular flexibility index (Phi) is 8.60. The number of nitrogens with one attached hydrogen (secondary N) is 1. The Morgan fingerprint density at radius 2 is 1.64 bits per heavy atom. The van der Waals surface area contributed by atoms with E-state index in [1.54, 1.807) is 0 Å². The largest absolute Gasteiger partial charge is 0.463 e. The number of terminal acetylenes is 2. The molecule has 0 spiro atoms. The van der Waals surface area contributed by atoms with Gasteiger partial charge in [-0.3, -0.25) is 0 Å². The number of hydrogen-bond acceptors (Lipinski definition) is 4. The number of amides is 1. The van der Waals surface area contributed by atoms with Crippen LogP contribution in [0.15, 0.2) is 0 Å². The van der Waals surface area contributed by atoms with Gasteiger partial charge in [-0.15, -0.1) is 24.7 Å². The van der Waals surface area contributed by atoms with Gasteiger partial charge in [0.2, 0.25) is 0 Å². The maximum atomic E-state index is 12.2. The highest BCUT2D eigenvalue weighted by molar-refractivity contribution is 5.81. The van der Waals surface area contributed by atoms with Crippen molar-refractivity contribution in [3.8, 4) is 24.7 Å². The summed E-state index contributed by atoms with van der Waals surface area (Å²) in [5, 5.41) is 2.62. The number of rotatable bonds is 7. The van der Waals surface area contributed by atoms with Crippen molar-refractivity contribution in [2.75, 3.05) is 13.2 Å². The second kappa shape index (κ2) is 10.6. The van der Waals surface area contributed by atoms with Gasteiger partial charge in [-0.2, -0.15) is 0 Å². The molecule has 1 unspecified atom stereocenters. The van der Waals surface area contributed by atoms with E-state index in [1.807, 2.05) is 0 Å². The van der Waals surface area contributed by atoms with Crippen LogP contribution in [0.25, 0.3) is 0 Å². The van der Waals surface area contributed by atoms with Crippen molar-refractivity contribution in [2.45, 2.75) is 51.0 Å². The third kappa shape index (κ3) is 6.54. The van der Waals surface area contributed by atoms with Crippen molar-refractivity contribution in [3.05, 3.63) is 0 Å². The minimum atomic E-state index is -0.684. The minimum Gasteiger partial charge on any atom is -0.463 e. The molecule has 0 heterocycles. The summed E-state index contributed by atoms with van der Waals surface area (Å²) in [6, 6.07) is -0.684. The fraction of sp³-hybridized carbons (Fsp3) is 0.647. The zero-order valence-corrected chi connectivity index (χ0v) is 12.8. The van der Waals surface area contributed by atoms with Crippen molar-refractivity contribution in [3.63, 3.8) is 0 Å². The van der Waals surface area contributed by atoms with Crippen LogP contribution in [-0.4, -0.2) is 31.3 Å². The van der Waals surface area contributed by atoms with Gasteiger partial charge in [0.15, 0.2) is 0 Å². The first-order valence-corrected chi connectivity index (χ1v) is 7.66. The SMILES string of the molecule is C#CCCOC(=O)NC(C(=O)OCCC#C)C1CCCCC1. The zero-order chi connectivity index (χ0) is 16.2. The molecule has 0 aliphatic heterocycles. The van der Waals surface area contributed by atoms with E-state index < -0.39 is 18.1 Å². The fourth-order valence-electron chi connectivity index (χ4n) is 2.51. The van der Waals surface area contributed by atoms with Crippen LogP contribution in [0.5, 0.6) is 0 Å². The van der Waals surface area contributed by atoms with Crippen LogP contribution in [0.2, 0.25) is 0 Å². The van der Waals surface area contributed by atoms with E-state index in [2.05, 4.69) is 17.2 Å². The summed E-state index contributed by atoms with van der Waals surface area (Å²) in [7, 11) is 0. The maximum Gasteiger partial charge on any atom is 0.407 e. The highest BCUT2D eigenvalue weighted by Crippen LogP contribution is 2.27. The van der Waals surface area contributed by atoms with E-state index in [-0.39, 0.29) is 19.1 Å². The molecule has 1 aliphatic carbocycles. The van der Waals surface area contributed by atoms with Crippen molar-refractivity contribution in [1.82, 2.24) is 5.32 Å². The molecule has 1 saturated carbocycles. The Hall–Kier alpha value is -2.14. The van der Waals surface area contributed by atoms with Gasteiger partial charge in [0.1, 0.15) is 19.3 Å². The molecule has 1 amide bonds. The molecule has 0 saturated heterocycles. The highest BCUT2D eigenvalue weighted by Gasteiger charge is 2.32. The first-order chi connectivity index (χ1) is 10.7. The molecule has 5 heteroatoms. The highest BCUT2D eigenvalue weighted by atomic mass is 16.6. The van der Waals surface area contributed by atoms with Crippen molar-refractivity contribution in [2.24, 2.45) is 5.92 Å². The monoisotopic (exact) mass is 305 g/mol. The molecular formula is C17H23NO4. The molecule has 22 heavy (non-hydrogen) atoms. The molecule has 0 aromatic rings. The number of hydrogen-bond donors (Lipinski definition) is 1. The summed E-state index contributed by atoms with van der Waals surface area (Å²) in [4.78, 5) is 24.0. The predicted octanol–water partition coefficient (Wildman–Crippen LogP) is 2.25. The zero-order valence-electron chi connectivity index (χ0n) is 12.8. The average Bonchev–Trinajstić information content (AvgIpc) is 2.54. The van der Waals surface area contributed by atoms with Gasteiger partial charge in [0.25, 0.3) is 0 Å². The summed E-state index contributed by atoms with van der Waals surface area (Å²) in [5.74, 6) is 4.42. The molecule has 1 N–H and O–H groups in total. The van der Waals surface area contributed by atoms with Gasteiger partial charge in [0, 0.05) is 12.8 Å². The van der Waals surface area contributed by atoms with Crippen LogP contribution in [0.4, 0.5) is 4.79 Å². The number of ether oxygens (including phenoxy) is 2. The third-order valence-corrected chi connectivity index (χ3v) is 3.62. The Morgan fingerprint density at radius 3 is 2.23 bits per heavy atom. The van der Waals surface area contributed by atoms with Crippen LogP contribution in [0.3, 0.4) is 0 Å². The molecule has 5 nitrogen and oxygen atoms in total. The van der Waals surface area contributed by atoms with E-state index in [9.17, 15) is 9.59 Å². The number of carbonyl (C=O) groups is 2. The topological polar surface area (TPSA) is 64.6 Å². The number of esters is 1. The maximum absolute atomic E-state index is 12.2. The first-order valence-electron chi connectivity index (χ1n) is 7.66. The molecule has 0 bridgehead atoms. The lowest BCUT2D eigenvalue weighted by Gasteiger charge is -2.29. The van der Waals surface area contributed by atoms with Gasteiger partial charge in [-0.1, -0.05) is 19.3 Å². The van der Waals surface area contributed by atoms with E-state index in [0.29, 0.717) is 12.8 Å². The Balaban J connectivity index is 2.57. The van der Waals surface area contributed by atoms with Crippen LogP contribution in [-0.2, 0) is 14.3 Å².